The van der Waals surface area contributed by atoms with Crippen LogP contribution in [-0.2, 0) is 9.53 Å². The highest BCUT2D eigenvalue weighted by atomic mass is 35.5. The molecule has 0 spiro atoms. The molecule has 0 heterocycles. The maximum absolute atomic E-state index is 12.2. The predicted octanol–water partition coefficient (Wildman–Crippen LogP) is 5.01. The number of nitrogens with one attached hydrogen (secondary N) is 1. The molecule has 0 aliphatic rings. The number of halogens is 1. The van der Waals surface area contributed by atoms with E-state index in [4.69, 9.17) is 16.3 Å². The molecule has 26 heavy (non-hydrogen) atoms. The molecule has 0 aliphatic carbocycles. The number of thioether (sulfide) groups is 1. The fourth-order valence-electron chi connectivity index (χ4n) is 2.46. The first-order chi connectivity index (χ1) is 12.6. The van der Waals surface area contributed by atoms with E-state index in [0.717, 1.165) is 15.7 Å². The van der Waals surface area contributed by atoms with Gasteiger partial charge in [0, 0.05) is 10.6 Å². The van der Waals surface area contributed by atoms with E-state index < -0.39 is 11.9 Å². The summed E-state index contributed by atoms with van der Waals surface area (Å²) in [5, 5.41) is 5.12. The van der Waals surface area contributed by atoms with Crippen LogP contribution in [0.25, 0.3) is 10.8 Å². The standard InChI is InChI=1S/C20H16ClNO3S/c1-26-16-8-9-18(21)17(11-16)20(24)25-12-19(23)22-15-7-6-13-4-2-3-5-14(13)10-15/h2-11H,12H2,1H3,(H,22,23). The summed E-state index contributed by atoms with van der Waals surface area (Å²) in [6.45, 7) is -0.383. The van der Waals surface area contributed by atoms with Gasteiger partial charge in [-0.05, 0) is 47.4 Å². The summed E-state index contributed by atoms with van der Waals surface area (Å²) in [7, 11) is 0. The third-order valence-corrected chi connectivity index (χ3v) is 4.82. The van der Waals surface area contributed by atoms with Gasteiger partial charge in [-0.1, -0.05) is 41.9 Å². The smallest absolute Gasteiger partial charge is 0.340 e. The second-order valence-electron chi connectivity index (χ2n) is 5.53. The van der Waals surface area contributed by atoms with Gasteiger partial charge in [0.2, 0.25) is 0 Å². The zero-order chi connectivity index (χ0) is 18.5. The van der Waals surface area contributed by atoms with E-state index in [2.05, 4.69) is 5.32 Å². The zero-order valence-electron chi connectivity index (χ0n) is 14.0. The highest BCUT2D eigenvalue weighted by molar-refractivity contribution is 7.98. The third kappa shape index (κ3) is 4.36. The van der Waals surface area contributed by atoms with Crippen LogP contribution in [-0.4, -0.2) is 24.7 Å². The van der Waals surface area contributed by atoms with Gasteiger partial charge < -0.3 is 10.1 Å². The van der Waals surface area contributed by atoms with Crippen molar-refractivity contribution in [1.29, 1.82) is 0 Å². The highest BCUT2D eigenvalue weighted by Crippen LogP contribution is 2.24. The van der Waals surface area contributed by atoms with Crippen LogP contribution in [0, 0.1) is 0 Å². The van der Waals surface area contributed by atoms with Gasteiger partial charge in [0.05, 0.1) is 10.6 Å². The van der Waals surface area contributed by atoms with Gasteiger partial charge in [-0.3, -0.25) is 4.79 Å². The van der Waals surface area contributed by atoms with Crippen molar-refractivity contribution in [2.75, 3.05) is 18.2 Å². The van der Waals surface area contributed by atoms with Gasteiger partial charge in [-0.15, -0.1) is 11.8 Å². The number of rotatable bonds is 5. The summed E-state index contributed by atoms with van der Waals surface area (Å²) in [5.41, 5.74) is 0.893. The number of hydrogen-bond acceptors (Lipinski definition) is 4. The molecule has 0 aromatic heterocycles. The average molecular weight is 386 g/mol. The summed E-state index contributed by atoms with van der Waals surface area (Å²) < 4.78 is 5.09. The fourth-order valence-corrected chi connectivity index (χ4v) is 3.10. The molecule has 0 atom stereocenters. The molecule has 0 fully saturated rings. The minimum absolute atomic E-state index is 0.247. The lowest BCUT2D eigenvalue weighted by Gasteiger charge is -2.09. The maximum Gasteiger partial charge on any atom is 0.340 e. The molecule has 3 aromatic rings. The number of hydrogen-bond donors (Lipinski definition) is 1. The predicted molar refractivity (Wildman–Crippen MR) is 106 cm³/mol. The average Bonchev–Trinajstić information content (AvgIpc) is 2.66. The number of anilines is 1. The first-order valence-corrected chi connectivity index (χ1v) is 9.46. The normalized spacial score (nSPS) is 10.5. The van der Waals surface area contributed by atoms with Gasteiger partial charge in [0.25, 0.3) is 5.91 Å². The quantitative estimate of drug-likeness (QED) is 0.495. The monoisotopic (exact) mass is 385 g/mol. The Morgan fingerprint density at radius 1 is 1.04 bits per heavy atom. The minimum Gasteiger partial charge on any atom is -0.452 e. The molecule has 0 saturated carbocycles. The summed E-state index contributed by atoms with van der Waals surface area (Å²) in [6, 6.07) is 18.5. The lowest BCUT2D eigenvalue weighted by Crippen LogP contribution is -2.21. The number of carbonyl (C=O) groups excluding carboxylic acids is 2. The molecule has 3 rings (SSSR count). The Kier molecular flexibility index (Phi) is 5.81. The van der Waals surface area contributed by atoms with Crippen LogP contribution in [0.5, 0.6) is 0 Å². The number of benzene rings is 3. The second-order valence-corrected chi connectivity index (χ2v) is 6.82. The lowest BCUT2D eigenvalue weighted by molar-refractivity contribution is -0.119. The van der Waals surface area contributed by atoms with Crippen molar-refractivity contribution in [1.82, 2.24) is 0 Å². The molecule has 1 amide bonds. The number of amides is 1. The highest BCUT2D eigenvalue weighted by Gasteiger charge is 2.14. The molecular formula is C20H16ClNO3S. The SMILES string of the molecule is CSc1ccc(Cl)c(C(=O)OCC(=O)Nc2ccc3ccccc3c2)c1. The zero-order valence-corrected chi connectivity index (χ0v) is 15.6. The molecule has 4 nitrogen and oxygen atoms in total. The van der Waals surface area contributed by atoms with Gasteiger partial charge in [-0.25, -0.2) is 4.79 Å². The van der Waals surface area contributed by atoms with Crippen LogP contribution in [0.3, 0.4) is 0 Å². The largest absolute Gasteiger partial charge is 0.452 e. The first-order valence-electron chi connectivity index (χ1n) is 7.86. The number of esters is 1. The summed E-state index contributed by atoms with van der Waals surface area (Å²) >= 11 is 7.53. The Bertz CT molecular complexity index is 974. The van der Waals surface area contributed by atoms with E-state index in [1.807, 2.05) is 48.7 Å². The van der Waals surface area contributed by atoms with E-state index in [1.54, 1.807) is 18.2 Å². The molecular weight excluding hydrogens is 370 g/mol. The van der Waals surface area contributed by atoms with Gasteiger partial charge in [-0.2, -0.15) is 0 Å². The minimum atomic E-state index is -0.625. The van der Waals surface area contributed by atoms with Crippen molar-refractivity contribution in [3.05, 3.63) is 71.2 Å². The first kappa shape index (κ1) is 18.3. The lowest BCUT2D eigenvalue weighted by atomic mass is 10.1. The van der Waals surface area contributed by atoms with Gasteiger partial charge in [0.1, 0.15) is 0 Å². The van der Waals surface area contributed by atoms with E-state index in [9.17, 15) is 9.59 Å². The second kappa shape index (κ2) is 8.25. The molecule has 0 saturated heterocycles. The van der Waals surface area contributed by atoms with E-state index in [0.29, 0.717) is 10.7 Å². The Labute approximate surface area is 160 Å². The molecule has 3 aromatic carbocycles. The van der Waals surface area contributed by atoms with Crippen LogP contribution in [0.15, 0.2) is 65.6 Å². The van der Waals surface area contributed by atoms with E-state index in [1.165, 1.54) is 11.8 Å². The Morgan fingerprint density at radius 3 is 2.58 bits per heavy atom. The molecule has 0 aliphatic heterocycles. The molecule has 1 N–H and O–H groups in total. The maximum atomic E-state index is 12.2. The van der Waals surface area contributed by atoms with Crippen molar-refractivity contribution in [3.63, 3.8) is 0 Å². The van der Waals surface area contributed by atoms with Crippen LogP contribution in [0.1, 0.15) is 10.4 Å². The topological polar surface area (TPSA) is 55.4 Å². The van der Waals surface area contributed by atoms with Crippen LogP contribution >= 0.6 is 23.4 Å². The van der Waals surface area contributed by atoms with Crippen LogP contribution in [0.4, 0.5) is 5.69 Å². The summed E-state index contributed by atoms with van der Waals surface area (Å²) in [4.78, 5) is 25.1. The summed E-state index contributed by atoms with van der Waals surface area (Å²) in [5.74, 6) is -1.04. The molecule has 0 unspecified atom stereocenters. The summed E-state index contributed by atoms with van der Waals surface area (Å²) in [6.07, 6.45) is 1.90. The van der Waals surface area contributed by atoms with Crippen LogP contribution < -0.4 is 5.32 Å². The van der Waals surface area contributed by atoms with Crippen molar-refractivity contribution >= 4 is 51.7 Å². The van der Waals surface area contributed by atoms with Crippen molar-refractivity contribution in [2.24, 2.45) is 0 Å². The molecule has 0 radical (unpaired) electrons. The Balaban J connectivity index is 1.62. The number of carbonyl (C=O) groups is 2. The van der Waals surface area contributed by atoms with Gasteiger partial charge in [0.15, 0.2) is 6.61 Å². The van der Waals surface area contributed by atoms with E-state index >= 15 is 0 Å². The third-order valence-electron chi connectivity index (χ3n) is 3.76. The van der Waals surface area contributed by atoms with Crippen molar-refractivity contribution < 1.29 is 14.3 Å². The van der Waals surface area contributed by atoms with Crippen molar-refractivity contribution in [3.8, 4) is 0 Å². The Hall–Kier alpha value is -2.50. The fraction of sp³-hybridized carbons (Fsp3) is 0.100. The van der Waals surface area contributed by atoms with Gasteiger partial charge >= 0.3 is 5.97 Å². The number of ether oxygens (including phenoxy) is 1. The molecule has 132 valence electrons. The Morgan fingerprint density at radius 2 is 1.81 bits per heavy atom. The molecule has 0 bridgehead atoms. The van der Waals surface area contributed by atoms with Crippen molar-refractivity contribution in [2.45, 2.75) is 4.90 Å². The van der Waals surface area contributed by atoms with Crippen LogP contribution in [0.2, 0.25) is 5.02 Å². The van der Waals surface area contributed by atoms with E-state index in [-0.39, 0.29) is 12.2 Å². The number of fused-ring (bicyclic) bond motifs is 1. The molecule has 6 heteroatoms.